The monoisotopic (exact) mass is 517 g/mol. The summed E-state index contributed by atoms with van der Waals surface area (Å²) in [4.78, 5) is 7.47. The Kier molecular flexibility index (Phi) is 7.48. The van der Waals surface area contributed by atoms with Crippen molar-refractivity contribution in [1.82, 2.24) is 4.98 Å². The van der Waals surface area contributed by atoms with Gasteiger partial charge in [0.05, 0.1) is 22.6 Å². The number of rotatable bonds is 7. The lowest BCUT2D eigenvalue weighted by molar-refractivity contribution is -0.143. The molecule has 1 aromatic heterocycles. The van der Waals surface area contributed by atoms with Gasteiger partial charge in [0.1, 0.15) is 5.69 Å². The van der Waals surface area contributed by atoms with E-state index < -0.39 is 65.5 Å². The molecule has 0 aliphatic carbocycles. The molecule has 7 nitrogen and oxygen atoms in total. The Hall–Kier alpha value is -2.68. The SMILES string of the molecule is CCS(=O)(=O)Nc1nc(S(=O)(=O)CC)ccc1/N=C/c1cc(C(F)(F)F)cc(C(F)(F)F)c1. The smallest absolute Gasteiger partial charge is 0.266 e. The predicted molar refractivity (Wildman–Crippen MR) is 109 cm³/mol. The average molecular weight is 517 g/mol. The van der Waals surface area contributed by atoms with Crippen LogP contribution in [0, 0.1) is 0 Å². The fraction of sp³-hybridized carbons (Fsp3) is 0.333. The molecule has 0 radical (unpaired) electrons. The van der Waals surface area contributed by atoms with Crippen LogP contribution in [0.5, 0.6) is 0 Å². The zero-order valence-corrected chi connectivity index (χ0v) is 18.6. The van der Waals surface area contributed by atoms with Crippen LogP contribution in [-0.2, 0) is 32.2 Å². The van der Waals surface area contributed by atoms with Crippen LogP contribution in [0.1, 0.15) is 30.5 Å². The highest BCUT2D eigenvalue weighted by atomic mass is 32.2. The normalized spacial score (nSPS) is 13.5. The third kappa shape index (κ3) is 6.90. The molecule has 0 fully saturated rings. The number of sulfone groups is 1. The molecule has 33 heavy (non-hydrogen) atoms. The van der Waals surface area contributed by atoms with Crippen LogP contribution in [0.25, 0.3) is 0 Å². The molecule has 0 bridgehead atoms. The highest BCUT2D eigenvalue weighted by Crippen LogP contribution is 2.36. The Labute approximate surface area is 185 Å². The fourth-order valence-electron chi connectivity index (χ4n) is 2.35. The molecule has 0 spiro atoms. The number of aliphatic imine (C=N–C) groups is 1. The molecule has 182 valence electrons. The van der Waals surface area contributed by atoms with Gasteiger partial charge in [-0.25, -0.2) is 21.8 Å². The summed E-state index contributed by atoms with van der Waals surface area (Å²) in [6, 6.07) is 2.82. The number of alkyl halides is 6. The third-order valence-corrected chi connectivity index (χ3v) is 7.03. The zero-order chi connectivity index (χ0) is 25.2. The maximum Gasteiger partial charge on any atom is 0.416 e. The lowest BCUT2D eigenvalue weighted by atomic mass is 10.1. The van der Waals surface area contributed by atoms with Gasteiger partial charge in [0.25, 0.3) is 0 Å². The summed E-state index contributed by atoms with van der Waals surface area (Å²) in [5, 5.41) is -0.490. The van der Waals surface area contributed by atoms with E-state index >= 15 is 0 Å². The molecule has 2 rings (SSSR count). The molecule has 0 aliphatic heterocycles. The molecule has 0 aliphatic rings. The number of benzene rings is 1. The molecule has 0 saturated heterocycles. The van der Waals surface area contributed by atoms with E-state index in [0.717, 1.165) is 12.1 Å². The van der Waals surface area contributed by atoms with E-state index in [-0.39, 0.29) is 17.5 Å². The van der Waals surface area contributed by atoms with E-state index in [1.165, 1.54) is 13.8 Å². The van der Waals surface area contributed by atoms with Crippen molar-refractivity contribution in [3.8, 4) is 0 Å². The van der Waals surface area contributed by atoms with Gasteiger partial charge >= 0.3 is 12.4 Å². The van der Waals surface area contributed by atoms with E-state index in [2.05, 4.69) is 9.98 Å². The lowest BCUT2D eigenvalue weighted by Gasteiger charge is -2.13. The second-order valence-electron chi connectivity index (χ2n) is 6.52. The van der Waals surface area contributed by atoms with Crippen molar-refractivity contribution in [3.63, 3.8) is 0 Å². The lowest BCUT2D eigenvalue weighted by Crippen LogP contribution is -2.17. The van der Waals surface area contributed by atoms with Gasteiger partial charge in [0.2, 0.25) is 10.0 Å². The van der Waals surface area contributed by atoms with E-state index in [4.69, 9.17) is 0 Å². The standard InChI is InChI=1S/C18H17F6N3O4S2/c1-3-32(28,29)15-6-5-14(16(26-15)27-33(30,31)4-2)25-10-11-7-12(17(19,20)21)9-13(8-11)18(22,23)24/h5-10H,3-4H2,1-2H3,(H,26,27)/b25-10+. The van der Waals surface area contributed by atoms with Crippen LogP contribution in [-0.4, -0.2) is 39.5 Å². The van der Waals surface area contributed by atoms with Crippen LogP contribution in [0.15, 0.2) is 40.4 Å². The quantitative estimate of drug-likeness (QED) is 0.432. The van der Waals surface area contributed by atoms with E-state index in [1.54, 1.807) is 0 Å². The topological polar surface area (TPSA) is 106 Å². The van der Waals surface area contributed by atoms with Crippen molar-refractivity contribution in [2.75, 3.05) is 16.2 Å². The molecule has 1 heterocycles. The average Bonchev–Trinajstić information content (AvgIpc) is 2.71. The first-order valence-corrected chi connectivity index (χ1v) is 12.4. The van der Waals surface area contributed by atoms with E-state index in [9.17, 15) is 43.2 Å². The minimum Gasteiger partial charge on any atom is -0.266 e. The zero-order valence-electron chi connectivity index (χ0n) is 17.0. The first-order chi connectivity index (χ1) is 15.0. The molecule has 15 heteroatoms. The Morgan fingerprint density at radius 3 is 1.91 bits per heavy atom. The fourth-order valence-corrected chi connectivity index (χ4v) is 3.74. The molecule has 1 N–H and O–H groups in total. The summed E-state index contributed by atoms with van der Waals surface area (Å²) in [5.74, 6) is -1.33. The number of sulfonamides is 1. The van der Waals surface area contributed by atoms with Crippen molar-refractivity contribution < 1.29 is 43.2 Å². The summed E-state index contributed by atoms with van der Waals surface area (Å²) in [6.45, 7) is 2.60. The highest BCUT2D eigenvalue weighted by molar-refractivity contribution is 7.92. The molecular formula is C18H17F6N3O4S2. The van der Waals surface area contributed by atoms with Crippen LogP contribution in [0.4, 0.5) is 37.8 Å². The van der Waals surface area contributed by atoms with Gasteiger partial charge in [0, 0.05) is 6.21 Å². The van der Waals surface area contributed by atoms with Crippen LogP contribution < -0.4 is 4.72 Å². The number of nitrogens with one attached hydrogen (secondary N) is 1. The summed E-state index contributed by atoms with van der Waals surface area (Å²) in [6.07, 6.45) is -9.48. The van der Waals surface area contributed by atoms with Crippen LogP contribution in [0.2, 0.25) is 0 Å². The van der Waals surface area contributed by atoms with Crippen molar-refractivity contribution >= 4 is 37.6 Å². The van der Waals surface area contributed by atoms with Crippen molar-refractivity contribution in [3.05, 3.63) is 47.0 Å². The first kappa shape index (κ1) is 26.6. The number of halogens is 6. The van der Waals surface area contributed by atoms with Gasteiger partial charge in [-0.2, -0.15) is 26.3 Å². The maximum absolute atomic E-state index is 13.0. The number of hydrogen-bond acceptors (Lipinski definition) is 6. The largest absolute Gasteiger partial charge is 0.416 e. The number of hydrogen-bond donors (Lipinski definition) is 1. The van der Waals surface area contributed by atoms with E-state index in [1.807, 2.05) is 4.72 Å². The molecule has 2 aromatic rings. The van der Waals surface area contributed by atoms with Gasteiger partial charge in [-0.15, -0.1) is 0 Å². The molecule has 1 aromatic carbocycles. The highest BCUT2D eigenvalue weighted by Gasteiger charge is 2.36. The van der Waals surface area contributed by atoms with Gasteiger partial charge in [-0.3, -0.25) is 9.71 Å². The molecule has 0 unspecified atom stereocenters. The maximum atomic E-state index is 13.0. The Morgan fingerprint density at radius 1 is 0.909 bits per heavy atom. The predicted octanol–water partition coefficient (Wildman–Crippen LogP) is 4.43. The molecule has 0 amide bonds. The molecule has 0 saturated carbocycles. The van der Waals surface area contributed by atoms with Gasteiger partial charge in [-0.05, 0) is 42.8 Å². The van der Waals surface area contributed by atoms with Crippen molar-refractivity contribution in [2.45, 2.75) is 31.2 Å². The second kappa shape index (κ2) is 9.29. The first-order valence-electron chi connectivity index (χ1n) is 9.06. The minimum absolute atomic E-state index is 0.0515. The van der Waals surface area contributed by atoms with E-state index in [0.29, 0.717) is 18.3 Å². The molecule has 0 atom stereocenters. The van der Waals surface area contributed by atoms with Crippen LogP contribution in [0.3, 0.4) is 0 Å². The minimum atomic E-state index is -5.07. The van der Waals surface area contributed by atoms with Gasteiger partial charge in [0.15, 0.2) is 20.7 Å². The summed E-state index contributed by atoms with van der Waals surface area (Å²) in [5.41, 5.74) is -4.03. The van der Waals surface area contributed by atoms with Crippen LogP contribution >= 0.6 is 0 Å². The summed E-state index contributed by atoms with van der Waals surface area (Å²) in [7, 11) is -7.84. The number of nitrogens with zero attached hydrogens (tertiary/aromatic N) is 2. The van der Waals surface area contributed by atoms with Gasteiger partial charge in [-0.1, -0.05) is 6.92 Å². The van der Waals surface area contributed by atoms with Crippen molar-refractivity contribution in [1.29, 1.82) is 0 Å². The Morgan fingerprint density at radius 2 is 1.45 bits per heavy atom. The summed E-state index contributed by atoms with van der Waals surface area (Å²) < 4.78 is 128. The second-order valence-corrected chi connectivity index (χ2v) is 10.8. The number of pyridine rings is 1. The molecular weight excluding hydrogens is 500 g/mol. The summed E-state index contributed by atoms with van der Waals surface area (Å²) >= 11 is 0. The Balaban J connectivity index is 2.63. The number of aromatic nitrogens is 1. The third-order valence-electron chi connectivity index (χ3n) is 4.14. The Bertz CT molecular complexity index is 1240. The van der Waals surface area contributed by atoms with Crippen molar-refractivity contribution in [2.24, 2.45) is 4.99 Å². The number of anilines is 1. The van der Waals surface area contributed by atoms with Gasteiger partial charge < -0.3 is 0 Å².